The van der Waals surface area contributed by atoms with Crippen LogP contribution in [-0.4, -0.2) is 43.6 Å². The summed E-state index contributed by atoms with van der Waals surface area (Å²) in [4.78, 5) is 0.204. The molecule has 2 atom stereocenters. The summed E-state index contributed by atoms with van der Waals surface area (Å²) in [5.41, 5.74) is 0.655. The molecule has 0 amide bonds. The van der Waals surface area contributed by atoms with Crippen LogP contribution in [-0.2, 0) is 10.0 Å². The predicted octanol–water partition coefficient (Wildman–Crippen LogP) is 3.73. The summed E-state index contributed by atoms with van der Waals surface area (Å²) in [7, 11) is -3.58. The molecule has 156 valence electrons. The van der Waals surface area contributed by atoms with Crippen LogP contribution in [0.3, 0.4) is 0 Å². The lowest BCUT2D eigenvalue weighted by Gasteiger charge is -2.30. The van der Waals surface area contributed by atoms with Crippen molar-refractivity contribution in [2.75, 3.05) is 25.0 Å². The number of sulfonamides is 1. The maximum atomic E-state index is 13.1. The zero-order valence-corrected chi connectivity index (χ0v) is 18.4. The Morgan fingerprint density at radius 2 is 1.93 bits per heavy atom. The molecule has 2 aliphatic rings. The highest BCUT2D eigenvalue weighted by Crippen LogP contribution is 2.32. The smallest absolute Gasteiger partial charge is 0.246 e. The fraction of sp³-hybridized carbons (Fsp3) is 0.650. The van der Waals surface area contributed by atoms with E-state index in [1.165, 1.54) is 23.6 Å². The van der Waals surface area contributed by atoms with Gasteiger partial charge in [0.1, 0.15) is 10.6 Å². The van der Waals surface area contributed by atoms with Gasteiger partial charge in [-0.25, -0.2) is 8.42 Å². The van der Waals surface area contributed by atoms with E-state index in [1.807, 2.05) is 13.0 Å². The van der Waals surface area contributed by atoms with Gasteiger partial charge in [0.05, 0.1) is 6.61 Å². The third-order valence-corrected chi connectivity index (χ3v) is 7.75. The Morgan fingerprint density at radius 1 is 1.21 bits per heavy atom. The summed E-state index contributed by atoms with van der Waals surface area (Å²) in [6.07, 6.45) is 6.61. The molecule has 1 aliphatic heterocycles. The Labute approximate surface area is 174 Å². The highest BCUT2D eigenvalue weighted by Gasteiger charge is 2.30. The van der Waals surface area contributed by atoms with E-state index in [4.69, 9.17) is 17.0 Å². The van der Waals surface area contributed by atoms with Gasteiger partial charge in [-0.1, -0.05) is 19.8 Å². The van der Waals surface area contributed by atoms with Crippen molar-refractivity contribution in [1.82, 2.24) is 9.62 Å². The van der Waals surface area contributed by atoms with Crippen LogP contribution >= 0.6 is 12.2 Å². The number of hydrogen-bond donors (Lipinski definition) is 2. The highest BCUT2D eigenvalue weighted by molar-refractivity contribution is 7.89. The van der Waals surface area contributed by atoms with E-state index < -0.39 is 10.0 Å². The average molecular weight is 426 g/mol. The second-order valence-corrected chi connectivity index (χ2v) is 9.99. The molecule has 1 aliphatic carbocycles. The third-order valence-electron chi connectivity index (χ3n) is 5.61. The monoisotopic (exact) mass is 425 g/mol. The predicted molar refractivity (Wildman–Crippen MR) is 116 cm³/mol. The molecular weight excluding hydrogens is 394 g/mol. The maximum Gasteiger partial charge on any atom is 0.246 e. The van der Waals surface area contributed by atoms with Crippen molar-refractivity contribution >= 4 is 33.0 Å². The van der Waals surface area contributed by atoms with Crippen LogP contribution < -0.4 is 15.4 Å². The first kappa shape index (κ1) is 21.3. The second-order valence-electron chi connectivity index (χ2n) is 7.67. The van der Waals surface area contributed by atoms with Gasteiger partial charge >= 0.3 is 0 Å². The molecule has 0 bridgehead atoms. The van der Waals surface area contributed by atoms with Gasteiger partial charge < -0.3 is 15.4 Å². The van der Waals surface area contributed by atoms with Gasteiger partial charge in [0.25, 0.3) is 0 Å². The number of anilines is 1. The molecule has 0 aromatic heterocycles. The second kappa shape index (κ2) is 9.41. The van der Waals surface area contributed by atoms with Gasteiger partial charge in [-0.05, 0) is 68.9 Å². The van der Waals surface area contributed by atoms with Gasteiger partial charge in [-0.2, -0.15) is 4.31 Å². The number of rotatable bonds is 6. The number of benzene rings is 1. The highest BCUT2D eigenvalue weighted by atomic mass is 32.2. The van der Waals surface area contributed by atoms with E-state index in [-0.39, 0.29) is 4.90 Å². The van der Waals surface area contributed by atoms with Crippen LogP contribution in [0.2, 0.25) is 0 Å². The summed E-state index contributed by atoms with van der Waals surface area (Å²) >= 11 is 5.48. The summed E-state index contributed by atoms with van der Waals surface area (Å²) < 4.78 is 33.3. The van der Waals surface area contributed by atoms with Crippen molar-refractivity contribution in [3.63, 3.8) is 0 Å². The molecule has 2 N–H and O–H groups in total. The fourth-order valence-corrected chi connectivity index (χ4v) is 5.94. The normalized spacial score (nSPS) is 23.4. The Kier molecular flexibility index (Phi) is 7.17. The fourth-order valence-electron chi connectivity index (χ4n) is 4.00. The molecule has 28 heavy (non-hydrogen) atoms. The van der Waals surface area contributed by atoms with Gasteiger partial charge in [-0.15, -0.1) is 0 Å². The van der Waals surface area contributed by atoms with Crippen molar-refractivity contribution in [3.05, 3.63) is 18.2 Å². The van der Waals surface area contributed by atoms with Crippen LogP contribution in [0.1, 0.15) is 52.4 Å². The molecule has 1 heterocycles. The Morgan fingerprint density at radius 3 is 2.61 bits per heavy atom. The van der Waals surface area contributed by atoms with Crippen molar-refractivity contribution in [2.24, 2.45) is 5.92 Å². The van der Waals surface area contributed by atoms with Gasteiger partial charge in [0, 0.05) is 24.8 Å². The molecule has 8 heteroatoms. The van der Waals surface area contributed by atoms with Crippen LogP contribution in [0, 0.1) is 5.92 Å². The largest absolute Gasteiger partial charge is 0.492 e. The lowest BCUT2D eigenvalue weighted by atomic mass is 9.86. The molecule has 2 fully saturated rings. The van der Waals surface area contributed by atoms with Crippen LogP contribution in [0.4, 0.5) is 5.69 Å². The Balaban J connectivity index is 1.77. The molecule has 1 saturated heterocycles. The number of ether oxygens (including phenoxy) is 1. The molecule has 0 radical (unpaired) electrons. The van der Waals surface area contributed by atoms with E-state index in [2.05, 4.69) is 17.6 Å². The van der Waals surface area contributed by atoms with Crippen molar-refractivity contribution in [2.45, 2.75) is 63.3 Å². The molecule has 0 spiro atoms. The van der Waals surface area contributed by atoms with E-state index >= 15 is 0 Å². The molecular formula is C20H31N3O3S2. The topological polar surface area (TPSA) is 70.7 Å². The SMILES string of the molecule is CCOc1ccc(NC(=S)N[C@@H]2CCCC[C@H]2C)cc1S(=O)(=O)N1CCCC1. The standard InChI is InChI=1S/C20H31N3O3S2/c1-3-26-18-11-10-16(14-19(18)28(24,25)23-12-6-7-13-23)21-20(27)22-17-9-5-4-8-15(17)2/h10-11,14-15,17H,3-9,12-13H2,1-2H3,(H2,21,22,27)/t15-,17-/m1/s1. The van der Waals surface area contributed by atoms with Crippen molar-refractivity contribution in [1.29, 1.82) is 0 Å². The zero-order chi connectivity index (χ0) is 20.1. The van der Waals surface area contributed by atoms with Gasteiger partial charge in [0.2, 0.25) is 10.0 Å². The molecule has 1 aromatic carbocycles. The van der Waals surface area contributed by atoms with E-state index in [0.29, 0.717) is 48.2 Å². The summed E-state index contributed by atoms with van der Waals surface area (Å²) in [6, 6.07) is 5.52. The van der Waals surface area contributed by atoms with E-state index in [1.54, 1.807) is 12.1 Å². The third kappa shape index (κ3) is 4.96. The first-order valence-electron chi connectivity index (χ1n) is 10.3. The van der Waals surface area contributed by atoms with Crippen LogP contribution in [0.5, 0.6) is 5.75 Å². The van der Waals surface area contributed by atoms with Crippen molar-refractivity contribution < 1.29 is 13.2 Å². The van der Waals surface area contributed by atoms with Crippen molar-refractivity contribution in [3.8, 4) is 5.75 Å². The first-order chi connectivity index (χ1) is 13.4. The molecule has 0 unspecified atom stereocenters. The quantitative estimate of drug-likeness (QED) is 0.677. The van der Waals surface area contributed by atoms with E-state index in [0.717, 1.165) is 19.3 Å². The minimum absolute atomic E-state index is 0.204. The summed E-state index contributed by atoms with van der Waals surface area (Å²) in [6.45, 7) is 5.63. The minimum Gasteiger partial charge on any atom is -0.492 e. The number of hydrogen-bond acceptors (Lipinski definition) is 4. The molecule has 6 nitrogen and oxygen atoms in total. The first-order valence-corrected chi connectivity index (χ1v) is 12.1. The Bertz CT molecular complexity index is 792. The number of thiocarbonyl (C=S) groups is 1. The molecule has 1 saturated carbocycles. The van der Waals surface area contributed by atoms with Crippen LogP contribution in [0.15, 0.2) is 23.1 Å². The lowest BCUT2D eigenvalue weighted by Crippen LogP contribution is -2.43. The average Bonchev–Trinajstić information content (AvgIpc) is 3.20. The van der Waals surface area contributed by atoms with Gasteiger partial charge in [-0.3, -0.25) is 0 Å². The summed E-state index contributed by atoms with van der Waals surface area (Å²) in [5.74, 6) is 0.972. The maximum absolute atomic E-state index is 13.1. The zero-order valence-electron chi connectivity index (χ0n) is 16.7. The minimum atomic E-state index is -3.58. The van der Waals surface area contributed by atoms with E-state index in [9.17, 15) is 8.42 Å². The molecule has 3 rings (SSSR count). The number of nitrogens with one attached hydrogen (secondary N) is 2. The summed E-state index contributed by atoms with van der Waals surface area (Å²) in [5, 5.41) is 7.10. The molecule has 1 aromatic rings. The number of nitrogens with zero attached hydrogens (tertiary/aromatic N) is 1. The lowest BCUT2D eigenvalue weighted by molar-refractivity contribution is 0.309. The van der Waals surface area contributed by atoms with Gasteiger partial charge in [0.15, 0.2) is 5.11 Å². The van der Waals surface area contributed by atoms with Crippen LogP contribution in [0.25, 0.3) is 0 Å². The Hall–Kier alpha value is -1.38.